The summed E-state index contributed by atoms with van der Waals surface area (Å²) in [6.45, 7) is 11.8. The zero-order valence-electron chi connectivity index (χ0n) is 12.9. The van der Waals surface area contributed by atoms with Crippen LogP contribution in [-0.2, 0) is 0 Å². The van der Waals surface area contributed by atoms with Crippen molar-refractivity contribution in [2.45, 2.75) is 38.6 Å². The van der Waals surface area contributed by atoms with Crippen molar-refractivity contribution in [2.75, 3.05) is 52.9 Å². The van der Waals surface area contributed by atoms with Gasteiger partial charge >= 0.3 is 0 Å². The molecule has 3 heterocycles. The molecule has 0 aromatic rings. The minimum Gasteiger partial charge on any atom is -0.306 e. The predicted molar refractivity (Wildman–Crippen MR) is 80.4 cm³/mol. The minimum atomic E-state index is 0.888. The van der Waals surface area contributed by atoms with Crippen molar-refractivity contribution in [1.29, 1.82) is 0 Å². The zero-order chi connectivity index (χ0) is 13.2. The topological polar surface area (TPSA) is 9.72 Å². The molecule has 0 spiro atoms. The maximum absolute atomic E-state index is 2.76. The van der Waals surface area contributed by atoms with Gasteiger partial charge in [0.2, 0.25) is 0 Å². The average Bonchev–Trinajstić information content (AvgIpc) is 2.37. The highest BCUT2D eigenvalue weighted by atomic mass is 15.3. The fraction of sp³-hybridized carbons (Fsp3) is 1.00. The van der Waals surface area contributed by atoms with E-state index in [-0.39, 0.29) is 0 Å². The van der Waals surface area contributed by atoms with Crippen LogP contribution < -0.4 is 0 Å². The summed E-state index contributed by atoms with van der Waals surface area (Å²) < 4.78 is 0. The Morgan fingerprint density at radius 3 is 2.16 bits per heavy atom. The summed E-state index contributed by atoms with van der Waals surface area (Å²) >= 11 is 0. The molecule has 0 aromatic heterocycles. The second-order valence-electron chi connectivity index (χ2n) is 7.34. The first-order valence-corrected chi connectivity index (χ1v) is 8.35. The van der Waals surface area contributed by atoms with E-state index in [0.717, 1.165) is 17.9 Å². The van der Waals surface area contributed by atoms with E-state index in [1.807, 2.05) is 0 Å². The van der Waals surface area contributed by atoms with E-state index in [1.54, 1.807) is 0 Å². The number of hydrogen-bond donors (Lipinski definition) is 0. The molecule has 0 N–H and O–H groups in total. The summed E-state index contributed by atoms with van der Waals surface area (Å²) in [6.07, 6.45) is 5.68. The lowest BCUT2D eigenvalue weighted by molar-refractivity contribution is 0.00273. The summed E-state index contributed by atoms with van der Waals surface area (Å²) in [4.78, 5) is 7.94. The van der Waals surface area contributed by atoms with Crippen LogP contribution in [0.25, 0.3) is 0 Å². The maximum Gasteiger partial charge on any atom is 0.0350 e. The molecule has 0 radical (unpaired) electrons. The van der Waals surface area contributed by atoms with Gasteiger partial charge in [-0.2, -0.15) is 0 Å². The molecule has 0 aliphatic carbocycles. The van der Waals surface area contributed by atoms with E-state index >= 15 is 0 Å². The fourth-order valence-corrected chi connectivity index (χ4v) is 3.93. The van der Waals surface area contributed by atoms with E-state index in [0.29, 0.717) is 0 Å². The number of rotatable bonds is 3. The van der Waals surface area contributed by atoms with Crippen LogP contribution in [0.1, 0.15) is 32.6 Å². The number of piperidine rings is 2. The Hall–Kier alpha value is -0.120. The molecule has 110 valence electrons. The second-order valence-corrected chi connectivity index (χ2v) is 7.34. The first kappa shape index (κ1) is 13.8. The summed E-state index contributed by atoms with van der Waals surface area (Å²) in [5, 5.41) is 0. The molecule has 0 atom stereocenters. The molecule has 3 heteroatoms. The van der Waals surface area contributed by atoms with Crippen molar-refractivity contribution in [3.05, 3.63) is 0 Å². The van der Waals surface area contributed by atoms with E-state index in [9.17, 15) is 0 Å². The van der Waals surface area contributed by atoms with E-state index in [4.69, 9.17) is 0 Å². The molecule has 3 aliphatic heterocycles. The van der Waals surface area contributed by atoms with Gasteiger partial charge < -0.3 is 4.90 Å². The molecule has 3 rings (SSSR count). The lowest BCUT2D eigenvalue weighted by atomic mass is 9.93. The molecule has 3 fully saturated rings. The van der Waals surface area contributed by atoms with Gasteiger partial charge in [-0.1, -0.05) is 6.92 Å². The van der Waals surface area contributed by atoms with Crippen molar-refractivity contribution in [2.24, 2.45) is 11.8 Å². The van der Waals surface area contributed by atoms with Gasteiger partial charge in [0, 0.05) is 25.7 Å². The Kier molecular flexibility index (Phi) is 4.45. The van der Waals surface area contributed by atoms with Crippen molar-refractivity contribution in [1.82, 2.24) is 14.7 Å². The maximum atomic E-state index is 2.76. The molecular formula is C16H31N3. The molecule has 3 aliphatic rings. The first-order chi connectivity index (χ1) is 9.20. The van der Waals surface area contributed by atoms with Crippen LogP contribution in [0, 0.1) is 11.8 Å². The fourth-order valence-electron chi connectivity index (χ4n) is 3.93. The van der Waals surface area contributed by atoms with Gasteiger partial charge in [-0.15, -0.1) is 0 Å². The molecule has 0 saturated carbocycles. The third kappa shape index (κ3) is 3.50. The normalized spacial score (nSPS) is 30.6. The predicted octanol–water partition coefficient (Wildman–Crippen LogP) is 1.74. The second kappa shape index (κ2) is 6.11. The van der Waals surface area contributed by atoms with Gasteiger partial charge in [0.05, 0.1) is 0 Å². The zero-order valence-corrected chi connectivity index (χ0v) is 12.9. The highest BCUT2D eigenvalue weighted by Crippen LogP contribution is 2.25. The Morgan fingerprint density at radius 2 is 1.53 bits per heavy atom. The Morgan fingerprint density at radius 1 is 0.895 bits per heavy atom. The summed E-state index contributed by atoms with van der Waals surface area (Å²) in [5.74, 6) is 1.94. The number of nitrogens with zero attached hydrogens (tertiary/aromatic N) is 3. The van der Waals surface area contributed by atoms with Crippen molar-refractivity contribution < 1.29 is 0 Å². The lowest BCUT2D eigenvalue weighted by Crippen LogP contribution is -2.61. The van der Waals surface area contributed by atoms with Gasteiger partial charge in [0.1, 0.15) is 0 Å². The van der Waals surface area contributed by atoms with Gasteiger partial charge in [-0.05, 0) is 70.7 Å². The smallest absolute Gasteiger partial charge is 0.0350 e. The monoisotopic (exact) mass is 265 g/mol. The van der Waals surface area contributed by atoms with Gasteiger partial charge in [0.25, 0.3) is 0 Å². The van der Waals surface area contributed by atoms with Gasteiger partial charge in [0.15, 0.2) is 0 Å². The number of hydrogen-bond acceptors (Lipinski definition) is 3. The third-order valence-electron chi connectivity index (χ3n) is 5.63. The van der Waals surface area contributed by atoms with Crippen molar-refractivity contribution in [3.8, 4) is 0 Å². The van der Waals surface area contributed by atoms with Crippen molar-refractivity contribution >= 4 is 0 Å². The van der Waals surface area contributed by atoms with Crippen LogP contribution >= 0.6 is 0 Å². The first-order valence-electron chi connectivity index (χ1n) is 8.35. The number of likely N-dealkylation sites (tertiary alicyclic amines) is 3. The van der Waals surface area contributed by atoms with E-state index in [1.165, 1.54) is 71.5 Å². The highest BCUT2D eigenvalue weighted by molar-refractivity contribution is 4.91. The van der Waals surface area contributed by atoms with Crippen LogP contribution in [0.3, 0.4) is 0 Å². The quantitative estimate of drug-likeness (QED) is 0.770. The largest absolute Gasteiger partial charge is 0.306 e. The highest BCUT2D eigenvalue weighted by Gasteiger charge is 2.34. The molecule has 3 nitrogen and oxygen atoms in total. The molecule has 0 unspecified atom stereocenters. The van der Waals surface area contributed by atoms with Crippen LogP contribution in [0.15, 0.2) is 0 Å². The molecular weight excluding hydrogens is 234 g/mol. The van der Waals surface area contributed by atoms with Gasteiger partial charge in [-0.3, -0.25) is 9.80 Å². The molecule has 3 saturated heterocycles. The third-order valence-corrected chi connectivity index (χ3v) is 5.63. The Bertz CT molecular complexity index is 272. The molecule has 0 aromatic carbocycles. The minimum absolute atomic E-state index is 0.888. The molecule has 19 heavy (non-hydrogen) atoms. The van der Waals surface area contributed by atoms with Crippen LogP contribution in [0.5, 0.6) is 0 Å². The summed E-state index contributed by atoms with van der Waals surface area (Å²) in [5.41, 5.74) is 0. The summed E-state index contributed by atoms with van der Waals surface area (Å²) in [6, 6.07) is 0.888. The molecule has 0 amide bonds. The van der Waals surface area contributed by atoms with Crippen LogP contribution in [0.4, 0.5) is 0 Å². The van der Waals surface area contributed by atoms with Crippen LogP contribution in [0.2, 0.25) is 0 Å². The average molecular weight is 265 g/mol. The van der Waals surface area contributed by atoms with Crippen molar-refractivity contribution in [3.63, 3.8) is 0 Å². The molecule has 0 bridgehead atoms. The van der Waals surface area contributed by atoms with E-state index < -0.39 is 0 Å². The Labute approximate surface area is 118 Å². The lowest BCUT2D eigenvalue weighted by Gasteiger charge is -2.49. The SMILES string of the molecule is CC1CCN(C2CN(CC3CCN(C)CC3)C2)CC1. The van der Waals surface area contributed by atoms with Crippen LogP contribution in [-0.4, -0.2) is 73.6 Å². The standard InChI is InChI=1S/C16H31N3/c1-14-3-9-19(10-4-14)16-12-18(13-16)11-15-5-7-17(2)8-6-15/h14-16H,3-13H2,1-2H3. The van der Waals surface area contributed by atoms with E-state index in [2.05, 4.69) is 28.7 Å². The van der Waals surface area contributed by atoms with Gasteiger partial charge in [-0.25, -0.2) is 0 Å². The summed E-state index contributed by atoms with van der Waals surface area (Å²) in [7, 11) is 2.26. The Balaban J connectivity index is 1.34.